The van der Waals surface area contributed by atoms with Crippen molar-refractivity contribution in [2.24, 2.45) is 0 Å². The van der Waals surface area contributed by atoms with Gasteiger partial charge in [0.05, 0.1) is 10.5 Å². The third kappa shape index (κ3) is 10.8. The van der Waals surface area contributed by atoms with E-state index >= 15 is 0 Å². The Morgan fingerprint density at radius 3 is 1.59 bits per heavy atom. The van der Waals surface area contributed by atoms with Crippen LogP contribution >= 0.6 is 23.5 Å². The molecule has 0 saturated heterocycles. The molecule has 1 aliphatic rings. The summed E-state index contributed by atoms with van der Waals surface area (Å²) in [6, 6.07) is 20.9. The maximum absolute atomic E-state index is 14.8. The van der Waals surface area contributed by atoms with Gasteiger partial charge in [0.1, 0.15) is 17.3 Å². The summed E-state index contributed by atoms with van der Waals surface area (Å²) in [5, 5.41) is 11.4. The lowest BCUT2D eigenvalue weighted by molar-refractivity contribution is -0.133. The van der Waals surface area contributed by atoms with Crippen molar-refractivity contribution < 1.29 is 23.2 Å². The van der Waals surface area contributed by atoms with E-state index in [2.05, 4.69) is 121 Å². The van der Waals surface area contributed by atoms with Crippen LogP contribution in [0.5, 0.6) is 11.5 Å². The Labute approximate surface area is 364 Å². The number of rotatable bonds is 9. The molecule has 0 aliphatic heterocycles. The smallest absolute Gasteiger partial charge is 0.315 e. The van der Waals surface area contributed by atoms with Crippen LogP contribution in [0, 0.1) is 5.82 Å². The van der Waals surface area contributed by atoms with Crippen molar-refractivity contribution in [3.8, 4) is 11.5 Å². The second-order valence-electron chi connectivity index (χ2n) is 20.3. The lowest BCUT2D eigenvalue weighted by Crippen LogP contribution is -2.22. The number of halogens is 1. The van der Waals surface area contributed by atoms with Crippen molar-refractivity contribution >= 4 is 57.5 Å². The number of phenols is 1. The number of carbonyl (C=O) groups is 1. The van der Waals surface area contributed by atoms with Gasteiger partial charge in [0, 0.05) is 54.0 Å². The average Bonchev–Trinajstić information content (AvgIpc) is 3.32. The molecule has 0 saturated carbocycles. The van der Waals surface area contributed by atoms with Gasteiger partial charge in [0.25, 0.3) is 0 Å². The molecular formula is C51H63FO4S3. The van der Waals surface area contributed by atoms with Crippen molar-refractivity contribution in [1.29, 1.82) is 0 Å². The number of ether oxygens (including phenoxy) is 1. The van der Waals surface area contributed by atoms with E-state index in [-0.39, 0.29) is 38.0 Å². The van der Waals surface area contributed by atoms with Gasteiger partial charge in [0.2, 0.25) is 0 Å². The van der Waals surface area contributed by atoms with Crippen LogP contribution in [-0.4, -0.2) is 25.6 Å². The Bertz CT molecular complexity index is 2290. The summed E-state index contributed by atoms with van der Waals surface area (Å²) in [4.78, 5) is 17.2. The Balaban J connectivity index is 1.51. The number of esters is 1. The molecule has 1 aliphatic carbocycles. The largest absolute Gasteiger partial charge is 0.507 e. The van der Waals surface area contributed by atoms with Crippen molar-refractivity contribution in [3.63, 3.8) is 0 Å². The van der Waals surface area contributed by atoms with Crippen LogP contribution in [0.4, 0.5) is 4.39 Å². The maximum Gasteiger partial charge on any atom is 0.315 e. The van der Waals surface area contributed by atoms with E-state index in [9.17, 15) is 18.5 Å². The van der Waals surface area contributed by atoms with Crippen LogP contribution in [0.1, 0.15) is 149 Å². The number of fused-ring (bicyclic) bond motifs is 1. The van der Waals surface area contributed by atoms with Crippen LogP contribution in [-0.2, 0) is 37.3 Å². The molecule has 4 nitrogen and oxygen atoms in total. The van der Waals surface area contributed by atoms with Gasteiger partial charge in [-0.1, -0.05) is 101 Å². The normalized spacial score (nSPS) is 15.2. The van der Waals surface area contributed by atoms with E-state index in [1.165, 1.54) is 12.1 Å². The van der Waals surface area contributed by atoms with E-state index in [1.54, 1.807) is 35.8 Å². The molecule has 1 atom stereocenters. The third-order valence-electron chi connectivity index (χ3n) is 10.6. The SMILES string of the molecule is CC1=C(CC(=O)Oc2c(C(C)(C)C)cc(SC(C)(C)Sc3cc(C(C)(C)C)c(O)c(C(C)(C)C)c3)cc2C(C)(C)C)c2cc(F)ccc2C1=Cc1ccc(S(C)=O)cc1. The van der Waals surface area contributed by atoms with Gasteiger partial charge >= 0.3 is 5.97 Å². The minimum atomic E-state index is -1.09. The maximum atomic E-state index is 14.8. The van der Waals surface area contributed by atoms with Gasteiger partial charge in [-0.2, -0.15) is 0 Å². The van der Waals surface area contributed by atoms with E-state index in [4.69, 9.17) is 4.74 Å². The summed E-state index contributed by atoms with van der Waals surface area (Å²) in [5.74, 6) is 0.176. The summed E-state index contributed by atoms with van der Waals surface area (Å²) < 4.78 is 33.0. The zero-order valence-corrected chi connectivity index (χ0v) is 40.4. The molecule has 1 N–H and O–H groups in total. The van der Waals surface area contributed by atoms with Gasteiger partial charge in [-0.3, -0.25) is 9.00 Å². The zero-order valence-electron chi connectivity index (χ0n) is 37.9. The standard InChI is InChI=1S/C51H63FO4S3/c1-30-37(23-31-17-20-35(21-18-31)59(16)55)36-22-19-32(52)24-39(36)38(30)29-44(53)56-46-42(49(8,9)10)27-34(28-43(46)50(11,12)13)58-51(14,15)57-33-25-40(47(2,3)4)45(54)41(26-33)48(5,6)7/h17-28,54H,29H2,1-16H3. The zero-order chi connectivity index (χ0) is 44.2. The van der Waals surface area contributed by atoms with Crippen LogP contribution in [0.25, 0.3) is 17.2 Å². The molecule has 0 aromatic heterocycles. The van der Waals surface area contributed by atoms with Crippen molar-refractivity contribution in [2.45, 2.75) is 151 Å². The molecule has 0 radical (unpaired) electrons. The molecule has 59 heavy (non-hydrogen) atoms. The molecule has 0 heterocycles. The second kappa shape index (κ2) is 16.7. The minimum absolute atomic E-state index is 0.0273. The summed E-state index contributed by atoms with van der Waals surface area (Å²) in [5.41, 5.74) is 7.59. The summed E-state index contributed by atoms with van der Waals surface area (Å²) >= 11 is 3.56. The first kappa shape index (κ1) is 46.5. The number of hydrogen-bond acceptors (Lipinski definition) is 6. The monoisotopic (exact) mass is 854 g/mol. The number of allylic oxidation sites excluding steroid dienone is 2. The Kier molecular flexibility index (Phi) is 13.2. The fourth-order valence-electron chi connectivity index (χ4n) is 7.48. The number of aromatic hydroxyl groups is 1. The molecule has 4 aromatic carbocycles. The van der Waals surface area contributed by atoms with Crippen molar-refractivity contribution in [3.05, 3.63) is 117 Å². The molecule has 0 bridgehead atoms. The van der Waals surface area contributed by atoms with Crippen molar-refractivity contribution in [2.75, 3.05) is 6.26 Å². The molecule has 0 amide bonds. The van der Waals surface area contributed by atoms with Crippen LogP contribution in [0.2, 0.25) is 0 Å². The van der Waals surface area contributed by atoms with E-state index in [1.807, 2.05) is 37.3 Å². The van der Waals surface area contributed by atoms with Crippen molar-refractivity contribution in [1.82, 2.24) is 0 Å². The fourth-order valence-corrected chi connectivity index (χ4v) is 10.6. The molecule has 1 unspecified atom stereocenters. The number of hydrogen-bond donors (Lipinski definition) is 1. The van der Waals surface area contributed by atoms with Crippen LogP contribution in [0.3, 0.4) is 0 Å². The Hall–Kier alpha value is -3.59. The number of thioether (sulfide) groups is 2. The van der Waals surface area contributed by atoms with Gasteiger partial charge in [0.15, 0.2) is 0 Å². The van der Waals surface area contributed by atoms with E-state index in [0.29, 0.717) is 17.1 Å². The fraction of sp³-hybridized carbons (Fsp3) is 0.431. The minimum Gasteiger partial charge on any atom is -0.507 e. The van der Waals surface area contributed by atoms with Crippen LogP contribution < -0.4 is 4.74 Å². The van der Waals surface area contributed by atoms with Crippen LogP contribution in [0.15, 0.2) is 87.0 Å². The second-order valence-corrected chi connectivity index (χ2v) is 25.4. The predicted octanol–water partition coefficient (Wildman–Crippen LogP) is 14.4. The summed E-state index contributed by atoms with van der Waals surface area (Å²) in [6.07, 6.45) is 3.66. The summed E-state index contributed by atoms with van der Waals surface area (Å²) in [6.45, 7) is 32.1. The lowest BCUT2D eigenvalue weighted by atomic mass is 9.79. The molecule has 0 fully saturated rings. The molecule has 8 heteroatoms. The number of benzene rings is 4. The molecule has 5 rings (SSSR count). The first-order valence-electron chi connectivity index (χ1n) is 20.3. The van der Waals surface area contributed by atoms with E-state index < -0.39 is 16.8 Å². The highest BCUT2D eigenvalue weighted by Gasteiger charge is 2.34. The highest BCUT2D eigenvalue weighted by atomic mass is 32.2. The Morgan fingerprint density at radius 1 is 0.695 bits per heavy atom. The summed E-state index contributed by atoms with van der Waals surface area (Å²) in [7, 11) is -1.09. The molecule has 4 aromatic rings. The first-order chi connectivity index (χ1) is 27.0. The van der Waals surface area contributed by atoms with Gasteiger partial charge in [-0.05, 0) is 130 Å². The van der Waals surface area contributed by atoms with Gasteiger partial charge < -0.3 is 9.84 Å². The highest BCUT2D eigenvalue weighted by Crippen LogP contribution is 2.52. The molecular weight excluding hydrogens is 792 g/mol. The predicted molar refractivity (Wildman–Crippen MR) is 251 cm³/mol. The first-order valence-corrected chi connectivity index (χ1v) is 23.5. The highest BCUT2D eigenvalue weighted by molar-refractivity contribution is 8.18. The molecule has 0 spiro atoms. The quantitative estimate of drug-likeness (QED) is 0.0783. The topological polar surface area (TPSA) is 63.6 Å². The van der Waals surface area contributed by atoms with E-state index in [0.717, 1.165) is 64.8 Å². The third-order valence-corrected chi connectivity index (χ3v) is 14.0. The number of phenolic OH excluding ortho intramolecular Hbond substituents is 1. The molecule has 316 valence electrons. The number of carbonyl (C=O) groups excluding carboxylic acids is 1. The lowest BCUT2D eigenvalue weighted by Gasteiger charge is -2.32. The van der Waals surface area contributed by atoms with Gasteiger partial charge in [-0.15, -0.1) is 23.5 Å². The average molecular weight is 855 g/mol. The van der Waals surface area contributed by atoms with Gasteiger partial charge in [-0.25, -0.2) is 4.39 Å². The Morgan fingerprint density at radius 2 is 1.15 bits per heavy atom.